The van der Waals surface area contributed by atoms with Crippen LogP contribution < -0.4 is 0 Å². The molecule has 8 rings (SSSR count). The molecule has 0 amide bonds. The Kier molecular flexibility index (Phi) is 14.8. The molecule has 3 aliphatic heterocycles. The van der Waals surface area contributed by atoms with Crippen LogP contribution in [0.4, 0.5) is 0 Å². The molecule has 29 atom stereocenters. The third-order valence-electron chi connectivity index (χ3n) is 18.7. The van der Waals surface area contributed by atoms with Crippen molar-refractivity contribution in [2.45, 2.75) is 190 Å². The van der Waals surface area contributed by atoms with Crippen LogP contribution in [0.2, 0.25) is 0 Å². The molecule has 29 unspecified atom stereocenters. The summed E-state index contributed by atoms with van der Waals surface area (Å²) in [5, 5.41) is 141. The first-order valence-corrected chi connectivity index (χ1v) is 24.3. The van der Waals surface area contributed by atoms with Gasteiger partial charge in [0.15, 0.2) is 12.6 Å². The van der Waals surface area contributed by atoms with Crippen molar-refractivity contribution in [3.05, 3.63) is 11.6 Å². The van der Waals surface area contributed by atoms with Crippen LogP contribution in [0.15, 0.2) is 11.6 Å². The number of esters is 1. The molecule has 13 N–H and O–H groups in total. The van der Waals surface area contributed by atoms with Gasteiger partial charge in [-0.15, -0.1) is 0 Å². The van der Waals surface area contributed by atoms with Gasteiger partial charge in [-0.2, -0.15) is 0 Å². The zero-order valence-electron chi connectivity index (χ0n) is 39.1. The van der Waals surface area contributed by atoms with Crippen LogP contribution in [0.5, 0.6) is 0 Å². The molecule has 3 heterocycles. The number of ether oxygens (including phenoxy) is 6. The van der Waals surface area contributed by atoms with Crippen LogP contribution in [-0.2, 0) is 33.2 Å². The molecule has 67 heavy (non-hydrogen) atoms. The van der Waals surface area contributed by atoms with E-state index >= 15 is 0 Å². The third-order valence-corrected chi connectivity index (χ3v) is 18.7. The minimum absolute atomic E-state index is 0.0239. The predicted octanol–water partition coefficient (Wildman–Crippen LogP) is -2.60. The Morgan fingerprint density at radius 2 is 1.37 bits per heavy atom. The Labute approximate surface area is 390 Å². The number of aliphatic hydroxyl groups excluding tert-OH is 13. The fourth-order valence-electron chi connectivity index (χ4n) is 14.8. The SMILES string of the molecule is CC1CC(C(=O)OC2OC(COC3OC(CO)C(OC4OC(C)C(O)C(O)C4O)C(O)C3O)C(O)C(O)C2O)C2CCC3(C)C(=CCC4C3CC(O)C3C(C)(CO)C(O)C(O)CC43C)C2C1C. The van der Waals surface area contributed by atoms with E-state index in [1.54, 1.807) is 6.92 Å². The molecule has 384 valence electrons. The summed E-state index contributed by atoms with van der Waals surface area (Å²) in [7, 11) is 0. The van der Waals surface area contributed by atoms with Crippen molar-refractivity contribution in [1.29, 1.82) is 0 Å². The van der Waals surface area contributed by atoms with Gasteiger partial charge in [-0.1, -0.05) is 46.3 Å². The monoisotopic (exact) mass is 960 g/mol. The first-order chi connectivity index (χ1) is 31.4. The van der Waals surface area contributed by atoms with E-state index in [0.29, 0.717) is 38.5 Å². The van der Waals surface area contributed by atoms with Gasteiger partial charge in [-0.3, -0.25) is 4.79 Å². The molecule has 0 radical (unpaired) electrons. The Morgan fingerprint density at radius 1 is 0.731 bits per heavy atom. The Balaban J connectivity index is 0.941. The standard InChI is InChI=1S/C47H76O20/c1-17-11-21(20-9-10-45(4)23(29(20)18(17)2)8-7-22-24(45)12-25(50)39-46(22,5)13-26(51)40(60)47(39,6)16-49)41(61)67-44-36(58)33(55)31(53)28(65-44)15-62-42-37(59)34(56)38(27(14-48)64-42)66-43-35(57)32(54)30(52)19(3)63-43/h8,17-22,24-40,42-44,48-60H,7,9-16H2,1-6H3. The molecule has 20 nitrogen and oxygen atoms in total. The van der Waals surface area contributed by atoms with Gasteiger partial charge in [-0.25, -0.2) is 0 Å². The lowest BCUT2D eigenvalue weighted by Crippen LogP contribution is -2.68. The molecule has 0 aromatic heterocycles. The minimum Gasteiger partial charge on any atom is -0.432 e. The van der Waals surface area contributed by atoms with Gasteiger partial charge in [0.2, 0.25) is 6.29 Å². The van der Waals surface area contributed by atoms with Crippen LogP contribution in [0.1, 0.15) is 80.1 Å². The highest BCUT2D eigenvalue weighted by molar-refractivity contribution is 5.73. The molecule has 4 saturated carbocycles. The van der Waals surface area contributed by atoms with Gasteiger partial charge >= 0.3 is 5.97 Å². The van der Waals surface area contributed by atoms with E-state index in [1.165, 1.54) is 12.5 Å². The van der Waals surface area contributed by atoms with Crippen molar-refractivity contribution in [3.8, 4) is 0 Å². The van der Waals surface area contributed by atoms with Crippen molar-refractivity contribution >= 4 is 5.97 Å². The highest BCUT2D eigenvalue weighted by Crippen LogP contribution is 2.70. The molecule has 5 aliphatic carbocycles. The summed E-state index contributed by atoms with van der Waals surface area (Å²) in [6, 6.07) is 0. The first kappa shape index (κ1) is 51.8. The van der Waals surface area contributed by atoms with Crippen LogP contribution in [0.25, 0.3) is 0 Å². The second kappa shape index (κ2) is 19.2. The number of carbonyl (C=O) groups excluding carboxylic acids is 1. The Hall–Kier alpha value is -1.51. The lowest BCUT2D eigenvalue weighted by atomic mass is 9.37. The first-order valence-electron chi connectivity index (χ1n) is 24.3. The van der Waals surface area contributed by atoms with Gasteiger partial charge in [0.05, 0.1) is 50.2 Å². The Bertz CT molecular complexity index is 1790. The number of allylic oxidation sites excluding steroid dienone is 2. The molecule has 7 fully saturated rings. The van der Waals surface area contributed by atoms with Crippen molar-refractivity contribution in [2.24, 2.45) is 63.6 Å². The average Bonchev–Trinajstić information content (AvgIpc) is 3.29. The van der Waals surface area contributed by atoms with Gasteiger partial charge in [-0.05, 0) is 91.8 Å². The molecule has 20 heteroatoms. The average molecular weight is 961 g/mol. The number of carbonyl (C=O) groups is 1. The molecular weight excluding hydrogens is 884 g/mol. The second-order valence-electron chi connectivity index (χ2n) is 22.4. The molecule has 0 aromatic rings. The third kappa shape index (κ3) is 8.46. The molecule has 0 aromatic carbocycles. The highest BCUT2D eigenvalue weighted by Gasteiger charge is 2.68. The van der Waals surface area contributed by atoms with Crippen molar-refractivity contribution < 1.29 is 99.6 Å². The van der Waals surface area contributed by atoms with Gasteiger partial charge in [0.25, 0.3) is 0 Å². The van der Waals surface area contributed by atoms with E-state index in [-0.39, 0.29) is 47.5 Å². The topological polar surface area (TPSA) is 335 Å². The van der Waals surface area contributed by atoms with Crippen LogP contribution in [-0.4, -0.2) is 203 Å². The smallest absolute Gasteiger partial charge is 0.311 e. The fraction of sp³-hybridized carbons (Fsp3) is 0.936. The maximum Gasteiger partial charge on any atom is 0.311 e. The number of hydrogen-bond acceptors (Lipinski definition) is 20. The fourth-order valence-corrected chi connectivity index (χ4v) is 14.8. The largest absolute Gasteiger partial charge is 0.432 e. The van der Waals surface area contributed by atoms with Crippen LogP contribution >= 0.6 is 0 Å². The molecule has 0 bridgehead atoms. The minimum atomic E-state index is -1.87. The normalized spacial score (nSPS) is 56.7. The summed E-state index contributed by atoms with van der Waals surface area (Å²) >= 11 is 0. The summed E-state index contributed by atoms with van der Waals surface area (Å²) in [5.74, 6) is -1.53. The zero-order chi connectivity index (χ0) is 49.0. The summed E-state index contributed by atoms with van der Waals surface area (Å²) in [5.41, 5.74) is -0.763. The predicted molar refractivity (Wildman–Crippen MR) is 228 cm³/mol. The van der Waals surface area contributed by atoms with Crippen molar-refractivity contribution in [2.75, 3.05) is 19.8 Å². The number of hydrogen-bond donors (Lipinski definition) is 13. The lowest BCUT2D eigenvalue weighted by Gasteiger charge is -2.68. The van der Waals surface area contributed by atoms with Gasteiger partial charge in [0, 0.05) is 11.3 Å². The summed E-state index contributed by atoms with van der Waals surface area (Å²) < 4.78 is 34.3. The van der Waals surface area contributed by atoms with Crippen LogP contribution in [0.3, 0.4) is 0 Å². The summed E-state index contributed by atoms with van der Waals surface area (Å²) in [4.78, 5) is 14.4. The lowest BCUT2D eigenvalue weighted by molar-refractivity contribution is -0.361. The molecule has 0 spiro atoms. The summed E-state index contributed by atoms with van der Waals surface area (Å²) in [6.07, 6.45) is -21.8. The van der Waals surface area contributed by atoms with E-state index in [0.717, 1.165) is 0 Å². The van der Waals surface area contributed by atoms with Gasteiger partial charge in [0.1, 0.15) is 67.1 Å². The molecule has 3 saturated heterocycles. The van der Waals surface area contributed by atoms with E-state index < -0.39 is 152 Å². The van der Waals surface area contributed by atoms with Crippen molar-refractivity contribution in [1.82, 2.24) is 0 Å². The maximum atomic E-state index is 14.4. The van der Waals surface area contributed by atoms with E-state index in [2.05, 4.69) is 33.8 Å². The quantitative estimate of drug-likeness (QED) is 0.0833. The van der Waals surface area contributed by atoms with E-state index in [4.69, 9.17) is 28.4 Å². The Morgan fingerprint density at radius 3 is 2.04 bits per heavy atom. The number of aliphatic hydroxyl groups is 13. The number of rotatable bonds is 9. The second-order valence-corrected chi connectivity index (χ2v) is 22.4. The molecular formula is C47H76O20. The summed E-state index contributed by atoms with van der Waals surface area (Å²) in [6.45, 7) is 10.0. The van der Waals surface area contributed by atoms with E-state index in [9.17, 15) is 71.2 Å². The number of fused-ring (bicyclic) bond motifs is 7. The van der Waals surface area contributed by atoms with E-state index in [1.807, 2.05) is 0 Å². The zero-order valence-corrected chi connectivity index (χ0v) is 39.1. The maximum absolute atomic E-state index is 14.4. The van der Waals surface area contributed by atoms with Crippen molar-refractivity contribution in [3.63, 3.8) is 0 Å². The highest BCUT2D eigenvalue weighted by atomic mass is 16.8. The molecule has 8 aliphatic rings. The van der Waals surface area contributed by atoms with Gasteiger partial charge < -0.3 is 94.8 Å². The van der Waals surface area contributed by atoms with Crippen LogP contribution in [0, 0.1) is 63.6 Å².